The third kappa shape index (κ3) is 5.18. The van der Waals surface area contributed by atoms with E-state index in [1.807, 2.05) is 0 Å². The van der Waals surface area contributed by atoms with E-state index in [1.165, 1.54) is 35.8 Å². The van der Waals surface area contributed by atoms with Gasteiger partial charge in [0, 0.05) is 25.1 Å². The minimum atomic E-state index is -4.73. The zero-order valence-electron chi connectivity index (χ0n) is 18.9. The molecule has 1 saturated heterocycles. The fraction of sp³-hybridized carbons (Fsp3) is 0.250. The summed E-state index contributed by atoms with van der Waals surface area (Å²) in [6, 6.07) is 14.1. The molecule has 0 radical (unpaired) electrons. The van der Waals surface area contributed by atoms with E-state index in [0.717, 1.165) is 17.7 Å². The molecule has 1 fully saturated rings. The minimum Gasteiger partial charge on any atom is -0.481 e. The normalized spacial score (nSPS) is 18.7. The topological polar surface area (TPSA) is 88.6 Å². The van der Waals surface area contributed by atoms with Crippen molar-refractivity contribution in [3.8, 4) is 5.88 Å². The maximum atomic E-state index is 13.3. The van der Waals surface area contributed by atoms with Crippen LogP contribution in [-0.2, 0) is 16.2 Å². The summed E-state index contributed by atoms with van der Waals surface area (Å²) >= 11 is 5.93. The van der Waals surface area contributed by atoms with Crippen molar-refractivity contribution in [1.82, 2.24) is 14.6 Å². The van der Waals surface area contributed by atoms with Gasteiger partial charge in [-0.25, -0.2) is 13.4 Å². The van der Waals surface area contributed by atoms with Gasteiger partial charge in [0.25, 0.3) is 5.91 Å². The molecule has 4 rings (SSSR count). The smallest absolute Gasteiger partial charge is 0.417 e. The number of halogens is 4. The summed E-state index contributed by atoms with van der Waals surface area (Å²) in [6.45, 7) is -0.0596. The van der Waals surface area contributed by atoms with Gasteiger partial charge in [-0.05, 0) is 23.8 Å². The zero-order valence-corrected chi connectivity index (χ0v) is 20.4. The molecule has 2 heterocycles. The number of nitrogens with one attached hydrogen (secondary N) is 1. The summed E-state index contributed by atoms with van der Waals surface area (Å²) in [5.74, 6) is -1.04. The molecule has 0 unspecified atom stereocenters. The number of pyridine rings is 1. The fourth-order valence-corrected chi connectivity index (χ4v) is 5.87. The predicted octanol–water partition coefficient (Wildman–Crippen LogP) is 4.35. The Morgan fingerprint density at radius 1 is 1.08 bits per heavy atom. The Balaban J connectivity index is 1.64. The van der Waals surface area contributed by atoms with Crippen LogP contribution in [0.2, 0.25) is 5.02 Å². The van der Waals surface area contributed by atoms with Crippen LogP contribution in [0, 0.1) is 0 Å². The van der Waals surface area contributed by atoms with Crippen LogP contribution in [0.25, 0.3) is 0 Å². The Labute approximate surface area is 210 Å². The van der Waals surface area contributed by atoms with Crippen molar-refractivity contribution in [2.45, 2.75) is 23.0 Å². The first-order chi connectivity index (χ1) is 17.0. The van der Waals surface area contributed by atoms with E-state index < -0.39 is 44.7 Å². The number of benzene rings is 2. The number of alkyl halides is 3. The van der Waals surface area contributed by atoms with E-state index in [-0.39, 0.29) is 29.4 Å². The number of ether oxygens (including phenoxy) is 1. The molecule has 0 spiro atoms. The van der Waals surface area contributed by atoms with Crippen molar-refractivity contribution in [1.29, 1.82) is 0 Å². The van der Waals surface area contributed by atoms with Crippen molar-refractivity contribution in [2.24, 2.45) is 0 Å². The van der Waals surface area contributed by atoms with Gasteiger partial charge in [-0.3, -0.25) is 4.79 Å². The number of sulfonamides is 1. The largest absolute Gasteiger partial charge is 0.481 e. The standard InChI is InChI=1S/C24H21ClF3N3O4S/c1-35-21-11-10-16(12-29-21)36(33,34)31-13-18(15-6-3-2-4-7-15)20(14-31)30-23(32)17-8-5-9-19(22(17)25)24(26,27)28/h2-12,18,20H,13-14H2,1H3,(H,30,32)/t18-,20+/m0/s1. The Morgan fingerprint density at radius 2 is 1.81 bits per heavy atom. The number of methoxy groups -OCH3 is 1. The fourth-order valence-electron chi connectivity index (χ4n) is 4.11. The van der Waals surface area contributed by atoms with Gasteiger partial charge in [0.1, 0.15) is 4.90 Å². The molecule has 1 aliphatic rings. The van der Waals surface area contributed by atoms with Crippen LogP contribution in [0.1, 0.15) is 27.4 Å². The number of amides is 1. The molecule has 2 atom stereocenters. The zero-order chi connectivity index (χ0) is 26.1. The van der Waals surface area contributed by atoms with E-state index in [4.69, 9.17) is 16.3 Å². The van der Waals surface area contributed by atoms with Gasteiger partial charge in [-0.2, -0.15) is 17.5 Å². The second kappa shape index (κ2) is 10.1. The van der Waals surface area contributed by atoms with Crippen LogP contribution in [-0.4, -0.2) is 49.9 Å². The first-order valence-corrected chi connectivity index (χ1v) is 12.6. The number of carbonyl (C=O) groups is 1. The van der Waals surface area contributed by atoms with Crippen molar-refractivity contribution in [3.05, 3.63) is 88.6 Å². The summed E-state index contributed by atoms with van der Waals surface area (Å²) in [5.41, 5.74) is -0.707. The van der Waals surface area contributed by atoms with Crippen LogP contribution in [0.3, 0.4) is 0 Å². The lowest BCUT2D eigenvalue weighted by atomic mass is 9.94. The third-order valence-electron chi connectivity index (χ3n) is 5.94. The molecule has 0 bridgehead atoms. The maximum absolute atomic E-state index is 13.3. The lowest BCUT2D eigenvalue weighted by Crippen LogP contribution is -2.40. The van der Waals surface area contributed by atoms with E-state index in [0.29, 0.717) is 0 Å². The molecule has 7 nitrogen and oxygen atoms in total. The van der Waals surface area contributed by atoms with E-state index in [9.17, 15) is 26.4 Å². The molecule has 1 aliphatic heterocycles. The van der Waals surface area contributed by atoms with Crippen molar-refractivity contribution in [2.75, 3.05) is 20.2 Å². The minimum absolute atomic E-state index is 0.0413. The van der Waals surface area contributed by atoms with Crippen molar-refractivity contribution in [3.63, 3.8) is 0 Å². The van der Waals surface area contributed by atoms with Gasteiger partial charge in [0.15, 0.2) is 0 Å². The summed E-state index contributed by atoms with van der Waals surface area (Å²) in [5, 5.41) is 1.99. The Bertz CT molecular complexity index is 1350. The van der Waals surface area contributed by atoms with Gasteiger partial charge in [0.2, 0.25) is 15.9 Å². The summed E-state index contributed by atoms with van der Waals surface area (Å²) < 4.78 is 72.6. The van der Waals surface area contributed by atoms with Crippen LogP contribution >= 0.6 is 11.6 Å². The first kappa shape index (κ1) is 25.9. The molecule has 0 saturated carbocycles. The van der Waals surface area contributed by atoms with Gasteiger partial charge in [-0.1, -0.05) is 48.0 Å². The van der Waals surface area contributed by atoms with Gasteiger partial charge in [-0.15, -0.1) is 0 Å². The second-order valence-corrected chi connectivity index (χ2v) is 10.4. The molecule has 3 aromatic rings. The summed E-state index contributed by atoms with van der Waals surface area (Å²) in [6.07, 6.45) is -3.55. The lowest BCUT2D eigenvalue weighted by Gasteiger charge is -2.21. The van der Waals surface area contributed by atoms with Crippen molar-refractivity contribution >= 4 is 27.5 Å². The Morgan fingerprint density at radius 3 is 2.42 bits per heavy atom. The molecular weight excluding hydrogens is 519 g/mol. The van der Waals surface area contributed by atoms with Crippen LogP contribution < -0.4 is 10.1 Å². The maximum Gasteiger partial charge on any atom is 0.417 e. The molecule has 36 heavy (non-hydrogen) atoms. The van der Waals surface area contributed by atoms with Crippen LogP contribution in [0.15, 0.2) is 71.8 Å². The van der Waals surface area contributed by atoms with Gasteiger partial charge >= 0.3 is 6.18 Å². The average Bonchev–Trinajstić information content (AvgIpc) is 3.28. The second-order valence-electron chi connectivity index (χ2n) is 8.12. The number of rotatable bonds is 6. The Kier molecular flexibility index (Phi) is 7.26. The average molecular weight is 540 g/mol. The number of hydrogen-bond acceptors (Lipinski definition) is 5. The highest BCUT2D eigenvalue weighted by Gasteiger charge is 2.41. The molecule has 2 aromatic carbocycles. The summed E-state index contributed by atoms with van der Waals surface area (Å²) in [7, 11) is -2.57. The highest BCUT2D eigenvalue weighted by Crippen LogP contribution is 2.37. The van der Waals surface area contributed by atoms with Crippen LogP contribution in [0.4, 0.5) is 13.2 Å². The summed E-state index contributed by atoms with van der Waals surface area (Å²) in [4.78, 5) is 16.9. The van der Waals surface area contributed by atoms with Gasteiger partial charge in [0.05, 0.1) is 35.5 Å². The van der Waals surface area contributed by atoms with Crippen LogP contribution in [0.5, 0.6) is 5.88 Å². The molecular formula is C24H21ClF3N3O4S. The van der Waals surface area contributed by atoms with Crippen molar-refractivity contribution < 1.29 is 31.1 Å². The van der Waals surface area contributed by atoms with E-state index in [2.05, 4.69) is 10.3 Å². The first-order valence-electron chi connectivity index (χ1n) is 10.7. The monoisotopic (exact) mass is 539 g/mol. The highest BCUT2D eigenvalue weighted by atomic mass is 35.5. The number of carbonyl (C=O) groups excluding carboxylic acids is 1. The molecule has 1 N–H and O–H groups in total. The molecule has 1 amide bonds. The quantitative estimate of drug-likeness (QED) is 0.503. The van der Waals surface area contributed by atoms with E-state index in [1.54, 1.807) is 30.3 Å². The third-order valence-corrected chi connectivity index (χ3v) is 8.16. The van der Waals surface area contributed by atoms with E-state index >= 15 is 0 Å². The number of hydrogen-bond donors (Lipinski definition) is 1. The molecule has 12 heteroatoms. The molecule has 190 valence electrons. The van der Waals surface area contributed by atoms with Gasteiger partial charge < -0.3 is 10.1 Å². The number of aromatic nitrogens is 1. The predicted molar refractivity (Wildman–Crippen MR) is 126 cm³/mol. The lowest BCUT2D eigenvalue weighted by molar-refractivity contribution is -0.137. The SMILES string of the molecule is COc1ccc(S(=O)(=O)N2C[C@@H](NC(=O)c3cccc(C(F)(F)F)c3Cl)[C@H](c3ccccc3)C2)cn1. The highest BCUT2D eigenvalue weighted by molar-refractivity contribution is 7.89. The molecule has 1 aromatic heterocycles. The molecule has 0 aliphatic carbocycles. The number of nitrogens with zero attached hydrogens (tertiary/aromatic N) is 2. The Hall–Kier alpha value is -3.15.